The number of rotatable bonds is 4. The molecular formula is C21H24N4O3S. The molecule has 1 unspecified atom stereocenters. The van der Waals surface area contributed by atoms with Gasteiger partial charge in [0.25, 0.3) is 0 Å². The molecule has 1 fully saturated rings. The zero-order valence-electron chi connectivity index (χ0n) is 16.5. The Morgan fingerprint density at radius 1 is 1.03 bits per heavy atom. The van der Waals surface area contributed by atoms with Gasteiger partial charge >= 0.3 is 5.69 Å². The van der Waals surface area contributed by atoms with Gasteiger partial charge in [0.1, 0.15) is 5.82 Å². The van der Waals surface area contributed by atoms with Gasteiger partial charge in [-0.15, -0.1) is 0 Å². The number of piperidine rings is 1. The normalized spacial score (nSPS) is 18.1. The molecule has 4 rings (SSSR count). The van der Waals surface area contributed by atoms with Gasteiger partial charge in [-0.05, 0) is 44.0 Å². The average molecular weight is 413 g/mol. The summed E-state index contributed by atoms with van der Waals surface area (Å²) in [6.45, 7) is 2.70. The zero-order chi connectivity index (χ0) is 20.6. The Morgan fingerprint density at radius 3 is 2.41 bits per heavy atom. The van der Waals surface area contributed by atoms with Gasteiger partial charge in [0, 0.05) is 26.1 Å². The number of nitrogens with zero attached hydrogens (tertiary/aromatic N) is 4. The maximum atomic E-state index is 13.1. The molecule has 3 aromatic rings. The summed E-state index contributed by atoms with van der Waals surface area (Å²) in [4.78, 5) is 13.0. The first-order valence-corrected chi connectivity index (χ1v) is 11.1. The number of aromatic nitrogens is 3. The summed E-state index contributed by atoms with van der Waals surface area (Å²) in [6, 6.07) is 16.2. The molecule has 0 spiro atoms. The van der Waals surface area contributed by atoms with Gasteiger partial charge in [-0.1, -0.05) is 35.9 Å². The largest absolute Gasteiger partial charge is 0.350 e. The van der Waals surface area contributed by atoms with Gasteiger partial charge in [0.2, 0.25) is 10.0 Å². The number of para-hydroxylation sites is 1. The summed E-state index contributed by atoms with van der Waals surface area (Å²) in [6.07, 6.45) is 1.50. The molecule has 1 aliphatic heterocycles. The topological polar surface area (TPSA) is 77.2 Å². The third kappa shape index (κ3) is 3.65. The van der Waals surface area contributed by atoms with Gasteiger partial charge in [0.05, 0.1) is 10.6 Å². The van der Waals surface area contributed by atoms with E-state index in [-0.39, 0.29) is 11.6 Å². The molecule has 29 heavy (non-hydrogen) atoms. The fourth-order valence-electron chi connectivity index (χ4n) is 3.80. The van der Waals surface area contributed by atoms with Gasteiger partial charge in [-0.2, -0.15) is 9.40 Å². The second kappa shape index (κ2) is 7.61. The summed E-state index contributed by atoms with van der Waals surface area (Å²) >= 11 is 0. The lowest BCUT2D eigenvalue weighted by Gasteiger charge is -2.31. The Balaban J connectivity index is 1.69. The predicted molar refractivity (Wildman–Crippen MR) is 111 cm³/mol. The maximum absolute atomic E-state index is 13.1. The average Bonchev–Trinajstić information content (AvgIpc) is 3.04. The Bertz CT molecular complexity index is 1160. The first kappa shape index (κ1) is 19.6. The first-order valence-electron chi connectivity index (χ1n) is 9.66. The summed E-state index contributed by atoms with van der Waals surface area (Å²) in [7, 11) is -1.97. The highest BCUT2D eigenvalue weighted by molar-refractivity contribution is 7.89. The lowest BCUT2D eigenvalue weighted by Crippen LogP contribution is -2.40. The van der Waals surface area contributed by atoms with E-state index in [9.17, 15) is 13.2 Å². The fourth-order valence-corrected chi connectivity index (χ4v) is 5.32. The van der Waals surface area contributed by atoms with Gasteiger partial charge in [0.15, 0.2) is 0 Å². The van der Waals surface area contributed by atoms with Crippen LogP contribution in [0.15, 0.2) is 64.3 Å². The number of hydrogen-bond donors (Lipinski definition) is 0. The summed E-state index contributed by atoms with van der Waals surface area (Å²) < 4.78 is 30.7. The smallest absolute Gasteiger partial charge is 0.247 e. The molecular weight excluding hydrogens is 388 g/mol. The standard InChI is InChI=1S/C21H24N4O3S/c1-16-10-12-19(13-11-16)29(27,28)24-14-6-7-17(15-24)20-22-23(2)21(26)25(20)18-8-4-3-5-9-18/h3-5,8-13,17H,6-7,14-15H2,1-2H3. The second-order valence-corrected chi connectivity index (χ2v) is 9.39. The molecule has 0 saturated carbocycles. The Labute approximate surface area is 170 Å². The maximum Gasteiger partial charge on any atom is 0.350 e. The number of benzene rings is 2. The predicted octanol–water partition coefficient (Wildman–Crippen LogP) is 2.45. The van der Waals surface area contributed by atoms with Crippen LogP contribution in [0.4, 0.5) is 0 Å². The minimum atomic E-state index is -3.59. The second-order valence-electron chi connectivity index (χ2n) is 7.45. The van der Waals surface area contributed by atoms with Crippen LogP contribution in [0.5, 0.6) is 0 Å². The van der Waals surface area contributed by atoms with Crippen molar-refractivity contribution >= 4 is 10.0 Å². The summed E-state index contributed by atoms with van der Waals surface area (Å²) in [5.74, 6) is 0.450. The van der Waals surface area contributed by atoms with Crippen molar-refractivity contribution in [3.63, 3.8) is 0 Å². The van der Waals surface area contributed by atoms with Crippen LogP contribution in [0.25, 0.3) is 5.69 Å². The Morgan fingerprint density at radius 2 is 1.72 bits per heavy atom. The highest BCUT2D eigenvalue weighted by atomic mass is 32.2. The highest BCUT2D eigenvalue weighted by Gasteiger charge is 2.33. The van der Waals surface area contributed by atoms with E-state index in [1.165, 1.54) is 8.99 Å². The van der Waals surface area contributed by atoms with Gasteiger partial charge in [-0.25, -0.2) is 22.5 Å². The number of aryl methyl sites for hydroxylation is 2. The molecule has 152 valence electrons. The van der Waals surface area contributed by atoms with Gasteiger partial charge in [-0.3, -0.25) is 0 Å². The molecule has 0 radical (unpaired) electrons. The lowest BCUT2D eigenvalue weighted by atomic mass is 9.98. The molecule has 1 saturated heterocycles. The first-order chi connectivity index (χ1) is 13.9. The van der Waals surface area contributed by atoms with Crippen LogP contribution in [0.1, 0.15) is 30.1 Å². The molecule has 0 aliphatic carbocycles. The van der Waals surface area contributed by atoms with Crippen LogP contribution in [0, 0.1) is 6.92 Å². The molecule has 2 heterocycles. The van der Waals surface area contributed by atoms with Crippen molar-refractivity contribution in [1.82, 2.24) is 18.7 Å². The van der Waals surface area contributed by atoms with Crippen molar-refractivity contribution in [2.45, 2.75) is 30.6 Å². The van der Waals surface area contributed by atoms with E-state index in [0.29, 0.717) is 23.8 Å². The van der Waals surface area contributed by atoms with Crippen molar-refractivity contribution in [3.05, 3.63) is 76.5 Å². The van der Waals surface area contributed by atoms with E-state index in [1.807, 2.05) is 37.3 Å². The van der Waals surface area contributed by atoms with Crippen LogP contribution in [0.2, 0.25) is 0 Å². The van der Waals surface area contributed by atoms with Gasteiger partial charge < -0.3 is 0 Å². The number of sulfonamides is 1. The Hall–Kier alpha value is -2.71. The van der Waals surface area contributed by atoms with Crippen LogP contribution >= 0.6 is 0 Å². The molecule has 0 bridgehead atoms. The SMILES string of the molecule is Cc1ccc(S(=O)(=O)N2CCCC(c3nn(C)c(=O)n3-c3ccccc3)C2)cc1. The fraction of sp³-hybridized carbons (Fsp3) is 0.333. The van der Waals surface area contributed by atoms with E-state index in [1.54, 1.807) is 35.9 Å². The van der Waals surface area contributed by atoms with E-state index in [4.69, 9.17) is 0 Å². The van der Waals surface area contributed by atoms with Crippen molar-refractivity contribution < 1.29 is 8.42 Å². The lowest BCUT2D eigenvalue weighted by molar-refractivity contribution is 0.307. The molecule has 2 aromatic carbocycles. The van der Waals surface area contributed by atoms with Crippen LogP contribution < -0.4 is 5.69 Å². The van der Waals surface area contributed by atoms with E-state index in [0.717, 1.165) is 24.1 Å². The molecule has 1 atom stereocenters. The summed E-state index contributed by atoms with van der Waals surface area (Å²) in [5, 5.41) is 4.46. The molecule has 1 aliphatic rings. The third-order valence-corrected chi connectivity index (χ3v) is 7.25. The van der Waals surface area contributed by atoms with E-state index >= 15 is 0 Å². The third-order valence-electron chi connectivity index (χ3n) is 5.37. The minimum absolute atomic E-state index is 0.155. The van der Waals surface area contributed by atoms with E-state index in [2.05, 4.69) is 5.10 Å². The van der Waals surface area contributed by atoms with Crippen LogP contribution in [-0.2, 0) is 17.1 Å². The molecule has 0 N–H and O–H groups in total. The van der Waals surface area contributed by atoms with Crippen molar-refractivity contribution in [2.75, 3.05) is 13.1 Å². The highest BCUT2D eigenvalue weighted by Crippen LogP contribution is 2.30. The minimum Gasteiger partial charge on any atom is -0.247 e. The van der Waals surface area contributed by atoms with Crippen molar-refractivity contribution in [3.8, 4) is 5.69 Å². The molecule has 7 nitrogen and oxygen atoms in total. The van der Waals surface area contributed by atoms with Crippen molar-refractivity contribution in [2.24, 2.45) is 7.05 Å². The number of hydrogen-bond acceptors (Lipinski definition) is 4. The molecule has 1 aromatic heterocycles. The van der Waals surface area contributed by atoms with Crippen molar-refractivity contribution in [1.29, 1.82) is 0 Å². The monoisotopic (exact) mass is 412 g/mol. The molecule has 0 amide bonds. The Kier molecular flexibility index (Phi) is 5.14. The van der Waals surface area contributed by atoms with Crippen LogP contribution in [-0.4, -0.2) is 40.2 Å². The van der Waals surface area contributed by atoms with E-state index < -0.39 is 10.0 Å². The molecule has 8 heteroatoms. The van der Waals surface area contributed by atoms with Crippen LogP contribution in [0.3, 0.4) is 0 Å². The summed E-state index contributed by atoms with van der Waals surface area (Å²) in [5.41, 5.74) is 1.52. The quantitative estimate of drug-likeness (QED) is 0.660. The zero-order valence-corrected chi connectivity index (χ0v) is 17.3.